The van der Waals surface area contributed by atoms with Crippen LogP contribution in [0.2, 0.25) is 0 Å². The van der Waals surface area contributed by atoms with E-state index in [1.54, 1.807) is 23.1 Å². The molecule has 6 heteroatoms. The Balaban J connectivity index is 1.40. The summed E-state index contributed by atoms with van der Waals surface area (Å²) in [5, 5.41) is 9.27. The van der Waals surface area contributed by atoms with Crippen LogP contribution in [-0.2, 0) is 4.79 Å². The van der Waals surface area contributed by atoms with Gasteiger partial charge in [0, 0.05) is 24.6 Å². The molecule has 1 N–H and O–H groups in total. The molecule has 1 amide bonds. The Kier molecular flexibility index (Phi) is 6.44. The number of ether oxygens (including phenoxy) is 2. The summed E-state index contributed by atoms with van der Waals surface area (Å²) in [6, 6.07) is 12.8. The fourth-order valence-electron chi connectivity index (χ4n) is 4.61. The molecule has 1 atom stereocenters. The quantitative estimate of drug-likeness (QED) is 0.687. The Morgan fingerprint density at radius 2 is 1.84 bits per heavy atom. The van der Waals surface area contributed by atoms with E-state index < -0.39 is 5.97 Å². The number of carbonyl (C=O) groups excluding carboxylic acids is 1. The Hall–Kier alpha value is -3.02. The van der Waals surface area contributed by atoms with Gasteiger partial charge in [-0.25, -0.2) is 4.79 Å². The second-order valence-electron chi connectivity index (χ2n) is 8.48. The molecule has 1 saturated carbocycles. The summed E-state index contributed by atoms with van der Waals surface area (Å²) in [7, 11) is 1.45. The maximum Gasteiger partial charge on any atom is 0.339 e. The van der Waals surface area contributed by atoms with Gasteiger partial charge >= 0.3 is 5.97 Å². The Morgan fingerprint density at radius 1 is 1.10 bits per heavy atom. The average Bonchev–Trinajstić information content (AvgIpc) is 3.19. The first-order valence-corrected chi connectivity index (χ1v) is 11.0. The third-order valence-corrected chi connectivity index (χ3v) is 6.41. The fourth-order valence-corrected chi connectivity index (χ4v) is 4.61. The van der Waals surface area contributed by atoms with Gasteiger partial charge in [0.05, 0.1) is 13.7 Å². The molecule has 2 aromatic carbocycles. The van der Waals surface area contributed by atoms with Crippen LogP contribution >= 0.6 is 0 Å². The van der Waals surface area contributed by atoms with E-state index in [1.807, 2.05) is 24.3 Å². The number of aromatic carboxylic acids is 1. The van der Waals surface area contributed by atoms with Crippen LogP contribution in [0.3, 0.4) is 0 Å². The summed E-state index contributed by atoms with van der Waals surface area (Å²) in [6.45, 7) is 1.31. The van der Waals surface area contributed by atoms with Crippen molar-refractivity contribution in [2.24, 2.45) is 5.92 Å². The fraction of sp³-hybridized carbons (Fsp3) is 0.440. The lowest BCUT2D eigenvalue weighted by Gasteiger charge is -2.22. The minimum Gasteiger partial charge on any atom is -0.496 e. The second-order valence-corrected chi connectivity index (χ2v) is 8.48. The van der Waals surface area contributed by atoms with Gasteiger partial charge in [-0.1, -0.05) is 25.3 Å². The number of carboxylic acids is 1. The minimum absolute atomic E-state index is 0.00790. The smallest absolute Gasteiger partial charge is 0.339 e. The van der Waals surface area contributed by atoms with Gasteiger partial charge < -0.3 is 19.5 Å². The first kappa shape index (κ1) is 21.2. The summed E-state index contributed by atoms with van der Waals surface area (Å²) < 4.78 is 11.2. The molecule has 1 aliphatic heterocycles. The zero-order valence-electron chi connectivity index (χ0n) is 17.9. The predicted octanol–water partition coefficient (Wildman–Crippen LogP) is 4.87. The first-order valence-electron chi connectivity index (χ1n) is 11.0. The van der Waals surface area contributed by atoms with Crippen molar-refractivity contribution in [3.63, 3.8) is 0 Å². The number of benzene rings is 2. The van der Waals surface area contributed by atoms with E-state index in [1.165, 1.54) is 39.2 Å². The number of nitrogens with zero attached hydrogens (tertiary/aromatic N) is 1. The average molecular weight is 424 g/mol. The van der Waals surface area contributed by atoms with E-state index in [-0.39, 0.29) is 17.4 Å². The summed E-state index contributed by atoms with van der Waals surface area (Å²) in [4.78, 5) is 25.8. The molecular weight excluding hydrogens is 394 g/mol. The van der Waals surface area contributed by atoms with Crippen molar-refractivity contribution < 1.29 is 24.2 Å². The Morgan fingerprint density at radius 3 is 2.52 bits per heavy atom. The lowest BCUT2D eigenvalue weighted by atomic mass is 9.90. The SMILES string of the molecule is COc1cc(C2CC(=O)N(c3ccc(OCC4CCCCC4)cc3)C2)ccc1C(=O)O. The van der Waals surface area contributed by atoms with Crippen LogP contribution in [0, 0.1) is 5.92 Å². The van der Waals surface area contributed by atoms with Crippen LogP contribution in [0.1, 0.15) is 60.4 Å². The van der Waals surface area contributed by atoms with Crippen LogP contribution in [0.25, 0.3) is 0 Å². The van der Waals surface area contributed by atoms with Gasteiger partial charge in [-0.15, -0.1) is 0 Å². The third kappa shape index (κ3) is 4.84. The molecule has 1 heterocycles. The molecule has 1 unspecified atom stereocenters. The predicted molar refractivity (Wildman–Crippen MR) is 118 cm³/mol. The summed E-state index contributed by atoms with van der Waals surface area (Å²) in [6.07, 6.45) is 6.83. The lowest BCUT2D eigenvalue weighted by molar-refractivity contribution is -0.117. The normalized spacial score (nSPS) is 19.5. The van der Waals surface area contributed by atoms with E-state index in [0.717, 1.165) is 23.6 Å². The first-order chi connectivity index (χ1) is 15.0. The highest BCUT2D eigenvalue weighted by atomic mass is 16.5. The summed E-state index contributed by atoms with van der Waals surface area (Å²) in [5.41, 5.74) is 1.88. The number of anilines is 1. The highest BCUT2D eigenvalue weighted by Crippen LogP contribution is 2.35. The molecule has 1 aliphatic carbocycles. The number of carboxylic acid groups (broad SMARTS) is 1. The lowest BCUT2D eigenvalue weighted by Crippen LogP contribution is -2.24. The third-order valence-electron chi connectivity index (χ3n) is 6.41. The molecule has 4 rings (SSSR count). The van der Waals surface area contributed by atoms with Gasteiger partial charge in [-0.2, -0.15) is 0 Å². The maximum atomic E-state index is 12.7. The molecule has 31 heavy (non-hydrogen) atoms. The van der Waals surface area contributed by atoms with Crippen LogP contribution in [0.5, 0.6) is 11.5 Å². The molecule has 0 aromatic heterocycles. The molecule has 1 saturated heterocycles. The van der Waals surface area contributed by atoms with Crippen molar-refractivity contribution in [2.75, 3.05) is 25.2 Å². The minimum atomic E-state index is -1.03. The zero-order valence-corrected chi connectivity index (χ0v) is 17.9. The molecule has 164 valence electrons. The van der Waals surface area contributed by atoms with E-state index >= 15 is 0 Å². The molecule has 6 nitrogen and oxygen atoms in total. The van der Waals surface area contributed by atoms with Crippen molar-refractivity contribution in [3.8, 4) is 11.5 Å². The van der Waals surface area contributed by atoms with Crippen molar-refractivity contribution in [1.29, 1.82) is 0 Å². The summed E-state index contributed by atoms with van der Waals surface area (Å²) >= 11 is 0. The monoisotopic (exact) mass is 423 g/mol. The molecule has 0 spiro atoms. The number of amides is 1. The van der Waals surface area contributed by atoms with Crippen molar-refractivity contribution >= 4 is 17.6 Å². The maximum absolute atomic E-state index is 12.7. The number of hydrogen-bond acceptors (Lipinski definition) is 4. The molecule has 2 fully saturated rings. The molecule has 0 radical (unpaired) electrons. The van der Waals surface area contributed by atoms with E-state index in [0.29, 0.717) is 24.6 Å². The van der Waals surface area contributed by atoms with Crippen LogP contribution in [0.4, 0.5) is 5.69 Å². The van der Waals surface area contributed by atoms with Crippen LogP contribution < -0.4 is 14.4 Å². The van der Waals surface area contributed by atoms with Crippen LogP contribution in [0.15, 0.2) is 42.5 Å². The van der Waals surface area contributed by atoms with Crippen molar-refractivity contribution in [3.05, 3.63) is 53.6 Å². The second kappa shape index (κ2) is 9.41. The number of methoxy groups -OCH3 is 1. The number of hydrogen-bond donors (Lipinski definition) is 1. The summed E-state index contributed by atoms with van der Waals surface area (Å²) in [5.74, 6) is 0.827. The molecule has 0 bridgehead atoms. The highest BCUT2D eigenvalue weighted by Gasteiger charge is 2.32. The number of carbonyl (C=O) groups is 2. The van der Waals surface area contributed by atoms with Gasteiger partial charge in [0.2, 0.25) is 5.91 Å². The van der Waals surface area contributed by atoms with E-state index in [4.69, 9.17) is 9.47 Å². The zero-order chi connectivity index (χ0) is 21.8. The van der Waals surface area contributed by atoms with Gasteiger partial charge in [-0.05, 0) is 60.7 Å². The van der Waals surface area contributed by atoms with E-state index in [9.17, 15) is 14.7 Å². The molecular formula is C25H29NO5. The topological polar surface area (TPSA) is 76.1 Å². The van der Waals surface area contributed by atoms with Gasteiger partial charge in [0.15, 0.2) is 0 Å². The van der Waals surface area contributed by atoms with Gasteiger partial charge in [-0.3, -0.25) is 4.79 Å². The van der Waals surface area contributed by atoms with E-state index in [2.05, 4.69) is 0 Å². The standard InChI is InChI=1S/C25H29NO5/c1-30-23-13-18(7-12-22(23)25(28)29)19-14-24(27)26(15-19)20-8-10-21(11-9-20)31-16-17-5-3-2-4-6-17/h7-13,17,19H,2-6,14-16H2,1H3,(H,28,29). The van der Waals surface area contributed by atoms with Crippen LogP contribution in [-0.4, -0.2) is 37.2 Å². The Labute approximate surface area is 182 Å². The molecule has 2 aliphatic rings. The Bertz CT molecular complexity index is 933. The number of rotatable bonds is 7. The van der Waals surface area contributed by atoms with Crippen molar-refractivity contribution in [1.82, 2.24) is 0 Å². The molecule has 2 aromatic rings. The van der Waals surface area contributed by atoms with Crippen molar-refractivity contribution in [2.45, 2.75) is 44.4 Å². The highest BCUT2D eigenvalue weighted by molar-refractivity contribution is 5.96. The largest absolute Gasteiger partial charge is 0.496 e. The van der Waals surface area contributed by atoms with Gasteiger partial charge in [0.1, 0.15) is 17.1 Å². The van der Waals surface area contributed by atoms with Gasteiger partial charge in [0.25, 0.3) is 0 Å².